The summed E-state index contributed by atoms with van der Waals surface area (Å²) in [6, 6.07) is 9.53. The molecule has 4 amide bonds. The zero-order chi connectivity index (χ0) is 23.0. The Balaban J connectivity index is 1.54. The zero-order valence-electron chi connectivity index (χ0n) is 16.0. The third kappa shape index (κ3) is 4.22. The average molecular weight is 494 g/mol. The molecule has 0 radical (unpaired) electrons. The van der Waals surface area contributed by atoms with Gasteiger partial charge in [-0.15, -0.1) is 11.3 Å². The van der Waals surface area contributed by atoms with Gasteiger partial charge in [0.15, 0.2) is 0 Å². The van der Waals surface area contributed by atoms with Crippen LogP contribution in [0.15, 0.2) is 58.1 Å². The van der Waals surface area contributed by atoms with Crippen LogP contribution in [0.4, 0.5) is 20.6 Å². The number of nitrogens with zero attached hydrogens (tertiary/aromatic N) is 1. The van der Waals surface area contributed by atoms with Gasteiger partial charge in [-0.3, -0.25) is 9.59 Å². The number of rotatable bonds is 4. The minimum atomic E-state index is -4.06. The van der Waals surface area contributed by atoms with E-state index >= 15 is 0 Å². The lowest BCUT2D eigenvalue weighted by atomic mass is 9.98. The van der Waals surface area contributed by atoms with Crippen molar-refractivity contribution >= 4 is 62.2 Å². The molecule has 2 heterocycles. The van der Waals surface area contributed by atoms with E-state index in [1.165, 1.54) is 29.6 Å². The summed E-state index contributed by atoms with van der Waals surface area (Å²) in [5.41, 5.74) is 0.299. The predicted molar refractivity (Wildman–Crippen MR) is 117 cm³/mol. The van der Waals surface area contributed by atoms with Crippen molar-refractivity contribution in [2.45, 2.75) is 10.6 Å². The molecule has 0 bridgehead atoms. The van der Waals surface area contributed by atoms with Crippen LogP contribution in [0.5, 0.6) is 0 Å². The molecule has 4 rings (SSSR count). The molecular weight excluding hydrogens is 481 g/mol. The fourth-order valence-electron chi connectivity index (χ4n) is 3.13. The summed E-state index contributed by atoms with van der Waals surface area (Å²) in [5, 5.41) is 4.04. The van der Waals surface area contributed by atoms with Gasteiger partial charge in [0.1, 0.15) is 10.0 Å². The number of urea groups is 1. The van der Waals surface area contributed by atoms with Crippen LogP contribution < -0.4 is 14.9 Å². The van der Waals surface area contributed by atoms with Gasteiger partial charge in [-0.2, -0.15) is 0 Å². The first kappa shape index (κ1) is 21.9. The number of amides is 4. The van der Waals surface area contributed by atoms with Crippen LogP contribution in [0.25, 0.3) is 0 Å². The van der Waals surface area contributed by atoms with Crippen molar-refractivity contribution in [3.8, 4) is 0 Å². The Morgan fingerprint density at radius 3 is 2.59 bits per heavy atom. The molecule has 1 aliphatic rings. The number of benzene rings is 2. The first-order valence-electron chi connectivity index (χ1n) is 8.98. The van der Waals surface area contributed by atoms with Gasteiger partial charge in [0.25, 0.3) is 15.9 Å². The molecule has 0 saturated carbocycles. The second-order valence-corrected chi connectivity index (χ2v) is 9.96. The summed E-state index contributed by atoms with van der Waals surface area (Å²) in [5.74, 6) is -2.31. The maximum Gasteiger partial charge on any atom is 0.333 e. The molecule has 164 valence electrons. The number of fused-ring (bicyclic) bond motifs is 1. The van der Waals surface area contributed by atoms with Gasteiger partial charge in [-0.05, 0) is 47.3 Å². The normalized spacial score (nSPS) is 13.6. The molecule has 1 aromatic heterocycles. The van der Waals surface area contributed by atoms with E-state index in [4.69, 9.17) is 11.6 Å². The van der Waals surface area contributed by atoms with Crippen molar-refractivity contribution in [2.24, 2.45) is 0 Å². The maximum absolute atomic E-state index is 14.8. The lowest BCUT2D eigenvalue weighted by Crippen LogP contribution is -2.43. The first-order valence-corrected chi connectivity index (χ1v) is 11.7. The molecule has 0 saturated heterocycles. The van der Waals surface area contributed by atoms with Gasteiger partial charge in [-0.1, -0.05) is 23.7 Å². The average Bonchev–Trinajstić information content (AvgIpc) is 3.26. The SMILES string of the molecule is O=C(Nc1ccc(N2C(=O)Cc3ccc(Cl)cc3C2=O)c(F)c1)NS(=O)(=O)c1cccs1. The van der Waals surface area contributed by atoms with E-state index in [2.05, 4.69) is 5.32 Å². The van der Waals surface area contributed by atoms with Crippen molar-refractivity contribution in [1.82, 2.24) is 4.72 Å². The number of anilines is 2. The molecule has 0 atom stereocenters. The van der Waals surface area contributed by atoms with Crippen LogP contribution in [-0.2, 0) is 21.2 Å². The van der Waals surface area contributed by atoms with E-state index < -0.39 is 33.7 Å². The highest BCUT2D eigenvalue weighted by atomic mass is 35.5. The molecule has 0 unspecified atom stereocenters. The molecular formula is C20H13ClFN3O5S2. The Bertz CT molecular complexity index is 1360. The highest BCUT2D eigenvalue weighted by Crippen LogP contribution is 2.30. The summed E-state index contributed by atoms with van der Waals surface area (Å²) in [4.78, 5) is 38.0. The van der Waals surface area contributed by atoms with E-state index in [0.717, 1.165) is 23.5 Å². The molecule has 0 aliphatic carbocycles. The molecule has 3 aromatic rings. The number of carbonyl (C=O) groups excluding carboxylic acids is 3. The number of halogens is 2. The van der Waals surface area contributed by atoms with Crippen molar-refractivity contribution in [1.29, 1.82) is 0 Å². The standard InChI is InChI=1S/C20H13ClFN3O5S2/c21-12-4-3-11-8-17(26)25(19(27)14(11)9-12)16-6-5-13(10-15(16)22)23-20(28)24-32(29,30)18-2-1-7-31-18/h1-7,9-10H,8H2,(H2,23,24,28). The Morgan fingerprint density at radius 1 is 1.12 bits per heavy atom. The number of hydrogen-bond donors (Lipinski definition) is 2. The summed E-state index contributed by atoms with van der Waals surface area (Å²) < 4.78 is 40.7. The lowest BCUT2D eigenvalue weighted by molar-refractivity contribution is -0.117. The van der Waals surface area contributed by atoms with Crippen LogP contribution in [0.1, 0.15) is 15.9 Å². The monoisotopic (exact) mass is 493 g/mol. The summed E-state index contributed by atoms with van der Waals surface area (Å²) >= 11 is 6.86. The third-order valence-corrected chi connectivity index (χ3v) is 7.49. The Hall–Kier alpha value is -3.28. The molecule has 0 spiro atoms. The Morgan fingerprint density at radius 2 is 1.91 bits per heavy atom. The van der Waals surface area contributed by atoms with Gasteiger partial charge in [-0.25, -0.2) is 27.2 Å². The minimum absolute atomic E-state index is 0.0586. The Kier molecular flexibility index (Phi) is 5.71. The minimum Gasteiger partial charge on any atom is -0.307 e. The number of hydrogen-bond acceptors (Lipinski definition) is 6. The maximum atomic E-state index is 14.8. The summed E-state index contributed by atoms with van der Waals surface area (Å²) in [7, 11) is -4.06. The van der Waals surface area contributed by atoms with E-state index in [1.807, 2.05) is 4.72 Å². The second-order valence-electron chi connectivity index (χ2n) is 6.67. The number of thiophene rings is 1. The number of imide groups is 1. The van der Waals surface area contributed by atoms with Crippen molar-refractivity contribution in [2.75, 3.05) is 10.2 Å². The van der Waals surface area contributed by atoms with Gasteiger partial charge >= 0.3 is 6.03 Å². The molecule has 32 heavy (non-hydrogen) atoms. The van der Waals surface area contributed by atoms with Gasteiger partial charge < -0.3 is 5.32 Å². The smallest absolute Gasteiger partial charge is 0.307 e. The fraction of sp³-hybridized carbons (Fsp3) is 0.0500. The number of carbonyl (C=O) groups is 3. The molecule has 8 nitrogen and oxygen atoms in total. The largest absolute Gasteiger partial charge is 0.333 e. The zero-order valence-corrected chi connectivity index (χ0v) is 18.4. The van der Waals surface area contributed by atoms with Crippen LogP contribution in [0.3, 0.4) is 0 Å². The van der Waals surface area contributed by atoms with Crippen molar-refractivity contribution in [3.05, 3.63) is 75.9 Å². The van der Waals surface area contributed by atoms with Crippen molar-refractivity contribution in [3.63, 3.8) is 0 Å². The van der Waals surface area contributed by atoms with Crippen molar-refractivity contribution < 1.29 is 27.2 Å². The van der Waals surface area contributed by atoms with E-state index in [1.54, 1.807) is 12.1 Å². The van der Waals surface area contributed by atoms with Crippen LogP contribution in [-0.4, -0.2) is 26.3 Å². The second kappa shape index (κ2) is 8.34. The lowest BCUT2D eigenvalue weighted by Gasteiger charge is -2.27. The van der Waals surface area contributed by atoms with Gasteiger partial charge in [0, 0.05) is 16.3 Å². The van der Waals surface area contributed by atoms with Gasteiger partial charge in [0.05, 0.1) is 12.1 Å². The first-order chi connectivity index (χ1) is 15.2. The number of nitrogens with one attached hydrogen (secondary N) is 2. The molecule has 2 N–H and O–H groups in total. The van der Waals surface area contributed by atoms with E-state index in [9.17, 15) is 27.2 Å². The van der Waals surface area contributed by atoms with Crippen LogP contribution in [0, 0.1) is 5.82 Å². The van der Waals surface area contributed by atoms with E-state index in [0.29, 0.717) is 15.5 Å². The molecule has 12 heteroatoms. The molecule has 2 aromatic carbocycles. The highest BCUT2D eigenvalue weighted by molar-refractivity contribution is 7.92. The Labute approximate surface area is 190 Å². The van der Waals surface area contributed by atoms with E-state index in [-0.39, 0.29) is 27.6 Å². The predicted octanol–water partition coefficient (Wildman–Crippen LogP) is 3.78. The molecule has 1 aliphatic heterocycles. The van der Waals surface area contributed by atoms with Gasteiger partial charge in [0.2, 0.25) is 5.91 Å². The quantitative estimate of drug-likeness (QED) is 0.537. The van der Waals surface area contributed by atoms with Crippen LogP contribution in [0.2, 0.25) is 5.02 Å². The fourth-order valence-corrected chi connectivity index (χ4v) is 5.20. The topological polar surface area (TPSA) is 113 Å². The van der Waals surface area contributed by atoms with Crippen LogP contribution >= 0.6 is 22.9 Å². The summed E-state index contributed by atoms with van der Waals surface area (Å²) in [6.07, 6.45) is -0.110. The number of sulfonamides is 1. The highest BCUT2D eigenvalue weighted by Gasteiger charge is 2.34. The summed E-state index contributed by atoms with van der Waals surface area (Å²) in [6.45, 7) is 0. The third-order valence-electron chi connectivity index (χ3n) is 4.53. The molecule has 0 fully saturated rings.